The van der Waals surface area contributed by atoms with Crippen LogP contribution in [-0.2, 0) is 0 Å². The molecule has 0 atom stereocenters. The fourth-order valence-corrected chi connectivity index (χ4v) is 1.33. The zero-order valence-electron chi connectivity index (χ0n) is 9.23. The number of anilines is 3. The molecular weight excluding hydrogens is 220 g/mol. The molecule has 0 unspecified atom stereocenters. The van der Waals surface area contributed by atoms with E-state index >= 15 is 0 Å². The van der Waals surface area contributed by atoms with Crippen LogP contribution in [0.25, 0.3) is 0 Å². The molecule has 0 saturated carbocycles. The summed E-state index contributed by atoms with van der Waals surface area (Å²) in [4.78, 5) is 11.6. The minimum Gasteiger partial charge on any atom is -0.397 e. The molecule has 2 aromatic rings. The van der Waals surface area contributed by atoms with Gasteiger partial charge in [-0.15, -0.1) is 0 Å². The molecular formula is C11H12N4O2. The van der Waals surface area contributed by atoms with Crippen molar-refractivity contribution in [3.05, 3.63) is 36.1 Å². The van der Waals surface area contributed by atoms with Gasteiger partial charge in [-0.25, -0.2) is 4.79 Å². The largest absolute Gasteiger partial charge is 0.397 e. The van der Waals surface area contributed by atoms with Crippen molar-refractivity contribution in [2.45, 2.75) is 6.92 Å². The van der Waals surface area contributed by atoms with Gasteiger partial charge >= 0.3 is 6.03 Å². The van der Waals surface area contributed by atoms with E-state index in [0.29, 0.717) is 17.2 Å². The van der Waals surface area contributed by atoms with E-state index in [1.165, 1.54) is 6.26 Å². The Hall–Kier alpha value is -2.50. The maximum Gasteiger partial charge on any atom is 0.325 e. The fourth-order valence-electron chi connectivity index (χ4n) is 1.33. The molecule has 0 aliphatic heterocycles. The van der Waals surface area contributed by atoms with Gasteiger partial charge in [0.25, 0.3) is 0 Å². The maximum absolute atomic E-state index is 11.6. The monoisotopic (exact) mass is 232 g/mol. The quantitative estimate of drug-likeness (QED) is 0.692. The topological polar surface area (TPSA) is 93.2 Å². The number of nitrogens with two attached hydrogens (primary N) is 1. The molecule has 1 aromatic heterocycles. The summed E-state index contributed by atoms with van der Waals surface area (Å²) in [6, 6.07) is 6.52. The van der Waals surface area contributed by atoms with E-state index in [0.717, 1.165) is 5.56 Å². The van der Waals surface area contributed by atoms with Crippen molar-refractivity contribution in [1.29, 1.82) is 0 Å². The maximum atomic E-state index is 11.6. The number of nitrogens with zero attached hydrogens (tertiary/aromatic N) is 1. The number of hydrogen-bond acceptors (Lipinski definition) is 4. The second kappa shape index (κ2) is 4.56. The minimum atomic E-state index is -0.420. The lowest BCUT2D eigenvalue weighted by atomic mass is 10.2. The highest BCUT2D eigenvalue weighted by Gasteiger charge is 2.06. The first kappa shape index (κ1) is 11.0. The molecule has 1 heterocycles. The first-order chi connectivity index (χ1) is 8.15. The van der Waals surface area contributed by atoms with Crippen LogP contribution in [0.1, 0.15) is 5.56 Å². The van der Waals surface area contributed by atoms with Gasteiger partial charge < -0.3 is 15.6 Å². The lowest BCUT2D eigenvalue weighted by Gasteiger charge is -2.08. The molecule has 6 nitrogen and oxygen atoms in total. The van der Waals surface area contributed by atoms with Gasteiger partial charge in [-0.3, -0.25) is 5.32 Å². The first-order valence-electron chi connectivity index (χ1n) is 4.99. The number of carbonyl (C=O) groups is 1. The molecule has 88 valence electrons. The predicted octanol–water partition coefficient (Wildman–Crippen LogP) is 2.21. The Kier molecular flexibility index (Phi) is 2.95. The summed E-state index contributed by atoms with van der Waals surface area (Å²) in [6.45, 7) is 1.92. The van der Waals surface area contributed by atoms with Crippen LogP contribution in [0.3, 0.4) is 0 Å². The number of hydrogen-bond donors (Lipinski definition) is 3. The van der Waals surface area contributed by atoms with E-state index in [1.807, 2.05) is 13.0 Å². The minimum absolute atomic E-state index is 0.341. The van der Waals surface area contributed by atoms with Gasteiger partial charge in [0, 0.05) is 6.07 Å². The average molecular weight is 232 g/mol. The third kappa shape index (κ3) is 2.75. The lowest BCUT2D eigenvalue weighted by molar-refractivity contribution is 0.262. The summed E-state index contributed by atoms with van der Waals surface area (Å²) in [7, 11) is 0. The zero-order chi connectivity index (χ0) is 12.3. The van der Waals surface area contributed by atoms with E-state index in [9.17, 15) is 4.79 Å². The Labute approximate surface area is 97.8 Å². The Bertz CT molecular complexity index is 522. The third-order valence-electron chi connectivity index (χ3n) is 2.14. The highest BCUT2D eigenvalue weighted by Crippen LogP contribution is 2.19. The summed E-state index contributed by atoms with van der Waals surface area (Å²) in [5.41, 5.74) is 7.81. The highest BCUT2D eigenvalue weighted by atomic mass is 16.5. The third-order valence-corrected chi connectivity index (χ3v) is 2.14. The van der Waals surface area contributed by atoms with Crippen LogP contribution in [0, 0.1) is 6.92 Å². The SMILES string of the molecule is Cc1ccc(N)c(NC(=O)Nc2ccon2)c1. The molecule has 0 fully saturated rings. The second-order valence-corrected chi connectivity index (χ2v) is 3.55. The van der Waals surface area contributed by atoms with Crippen LogP contribution >= 0.6 is 0 Å². The Morgan fingerprint density at radius 1 is 1.35 bits per heavy atom. The van der Waals surface area contributed by atoms with Crippen LogP contribution in [0.5, 0.6) is 0 Å². The van der Waals surface area contributed by atoms with Crippen molar-refractivity contribution in [3.63, 3.8) is 0 Å². The normalized spacial score (nSPS) is 9.94. The molecule has 4 N–H and O–H groups in total. The first-order valence-corrected chi connectivity index (χ1v) is 4.99. The highest BCUT2D eigenvalue weighted by molar-refractivity contribution is 6.01. The fraction of sp³-hybridized carbons (Fsp3) is 0.0909. The van der Waals surface area contributed by atoms with Crippen LogP contribution in [0.15, 0.2) is 35.1 Å². The number of benzene rings is 1. The van der Waals surface area contributed by atoms with Crippen molar-refractivity contribution in [3.8, 4) is 0 Å². The molecule has 2 amide bonds. The van der Waals surface area contributed by atoms with E-state index in [1.54, 1.807) is 18.2 Å². The number of aromatic nitrogens is 1. The second-order valence-electron chi connectivity index (χ2n) is 3.55. The standard InChI is InChI=1S/C11H12N4O2/c1-7-2-3-8(12)9(6-7)13-11(16)14-10-4-5-17-15-10/h2-6H,12H2,1H3,(H2,13,14,15,16). The van der Waals surface area contributed by atoms with Gasteiger partial charge in [0.15, 0.2) is 5.82 Å². The molecule has 1 aromatic carbocycles. The van der Waals surface area contributed by atoms with Crippen molar-refractivity contribution in [2.24, 2.45) is 0 Å². The van der Waals surface area contributed by atoms with Crippen molar-refractivity contribution in [1.82, 2.24) is 5.16 Å². The van der Waals surface area contributed by atoms with Crippen molar-refractivity contribution in [2.75, 3.05) is 16.4 Å². The van der Waals surface area contributed by atoms with Gasteiger partial charge in [-0.1, -0.05) is 11.2 Å². The number of nitrogen functional groups attached to an aromatic ring is 1. The Balaban J connectivity index is 2.05. The van der Waals surface area contributed by atoms with Gasteiger partial charge in [0.1, 0.15) is 6.26 Å². The van der Waals surface area contributed by atoms with Gasteiger partial charge in [-0.2, -0.15) is 0 Å². The van der Waals surface area contributed by atoms with Crippen LogP contribution in [0.4, 0.5) is 22.0 Å². The van der Waals surface area contributed by atoms with Crippen LogP contribution < -0.4 is 16.4 Å². The van der Waals surface area contributed by atoms with Gasteiger partial charge in [0.05, 0.1) is 11.4 Å². The van der Waals surface area contributed by atoms with Crippen LogP contribution in [-0.4, -0.2) is 11.2 Å². The molecule has 0 saturated heterocycles. The number of nitrogens with one attached hydrogen (secondary N) is 2. The number of rotatable bonds is 2. The van der Waals surface area contributed by atoms with E-state index in [2.05, 4.69) is 20.3 Å². The molecule has 0 radical (unpaired) electrons. The summed E-state index contributed by atoms with van der Waals surface area (Å²) in [6.07, 6.45) is 1.37. The van der Waals surface area contributed by atoms with E-state index in [4.69, 9.17) is 5.73 Å². The smallest absolute Gasteiger partial charge is 0.325 e. The Morgan fingerprint density at radius 2 is 2.18 bits per heavy atom. The summed E-state index contributed by atoms with van der Waals surface area (Å²) in [5.74, 6) is 0.341. The number of carbonyl (C=O) groups excluding carboxylic acids is 1. The average Bonchev–Trinajstić information content (AvgIpc) is 2.76. The predicted molar refractivity (Wildman–Crippen MR) is 64.7 cm³/mol. The lowest BCUT2D eigenvalue weighted by Crippen LogP contribution is -2.20. The van der Waals surface area contributed by atoms with E-state index < -0.39 is 6.03 Å². The molecule has 0 spiro atoms. The number of aryl methyl sites for hydroxylation is 1. The van der Waals surface area contributed by atoms with Crippen LogP contribution in [0.2, 0.25) is 0 Å². The summed E-state index contributed by atoms with van der Waals surface area (Å²) < 4.78 is 4.59. The summed E-state index contributed by atoms with van der Waals surface area (Å²) in [5, 5.41) is 8.70. The summed E-state index contributed by atoms with van der Waals surface area (Å²) >= 11 is 0. The molecule has 17 heavy (non-hydrogen) atoms. The number of amides is 2. The van der Waals surface area contributed by atoms with Crippen molar-refractivity contribution >= 4 is 23.2 Å². The van der Waals surface area contributed by atoms with E-state index in [-0.39, 0.29) is 0 Å². The molecule has 0 aliphatic carbocycles. The molecule has 6 heteroatoms. The van der Waals surface area contributed by atoms with Crippen molar-refractivity contribution < 1.29 is 9.32 Å². The number of urea groups is 1. The zero-order valence-corrected chi connectivity index (χ0v) is 9.23. The molecule has 0 bridgehead atoms. The van der Waals surface area contributed by atoms with Gasteiger partial charge in [-0.05, 0) is 24.6 Å². The molecule has 2 rings (SSSR count). The molecule has 0 aliphatic rings. The van der Waals surface area contributed by atoms with Gasteiger partial charge in [0.2, 0.25) is 0 Å². The Morgan fingerprint density at radius 3 is 2.88 bits per heavy atom.